The Labute approximate surface area is 90.5 Å². The molecule has 6 heteroatoms. The molecule has 0 saturated heterocycles. The van der Waals surface area contributed by atoms with Gasteiger partial charge in [-0.15, -0.1) is 0 Å². The molecule has 0 aliphatic heterocycles. The SMILES string of the molecule is [N-]=[N+]=NCCCC(=O)c1ccc(F)c(F)c1. The molecular formula is C10H9F2N3O. The molecule has 0 unspecified atom stereocenters. The molecule has 1 rings (SSSR count). The summed E-state index contributed by atoms with van der Waals surface area (Å²) in [7, 11) is 0. The molecule has 4 nitrogen and oxygen atoms in total. The van der Waals surface area contributed by atoms with Crippen molar-refractivity contribution < 1.29 is 13.6 Å². The molecule has 0 radical (unpaired) electrons. The van der Waals surface area contributed by atoms with Gasteiger partial charge in [-0.1, -0.05) is 5.11 Å². The van der Waals surface area contributed by atoms with Gasteiger partial charge in [-0.3, -0.25) is 4.79 Å². The third-order valence-corrected chi connectivity index (χ3v) is 1.97. The molecule has 0 atom stereocenters. The molecule has 0 aliphatic carbocycles. The van der Waals surface area contributed by atoms with Crippen LogP contribution >= 0.6 is 0 Å². The van der Waals surface area contributed by atoms with E-state index < -0.39 is 11.6 Å². The average Bonchev–Trinajstić information content (AvgIpc) is 2.28. The molecule has 0 spiro atoms. The van der Waals surface area contributed by atoms with Gasteiger partial charge in [0.1, 0.15) is 0 Å². The first kappa shape index (κ1) is 12.1. The minimum absolute atomic E-state index is 0.125. The zero-order valence-corrected chi connectivity index (χ0v) is 8.36. The van der Waals surface area contributed by atoms with Crippen LogP contribution in [0.3, 0.4) is 0 Å². The van der Waals surface area contributed by atoms with Crippen molar-refractivity contribution >= 4 is 5.78 Å². The predicted octanol–water partition coefficient (Wildman–Crippen LogP) is 3.24. The van der Waals surface area contributed by atoms with Crippen molar-refractivity contribution in [3.05, 3.63) is 45.8 Å². The standard InChI is InChI=1S/C10H9F2N3O/c11-8-4-3-7(6-9(8)12)10(16)2-1-5-14-15-13/h3-4,6H,1-2,5H2. The molecule has 16 heavy (non-hydrogen) atoms. The van der Waals surface area contributed by atoms with Gasteiger partial charge in [-0.2, -0.15) is 0 Å². The van der Waals surface area contributed by atoms with Gasteiger partial charge in [0, 0.05) is 23.4 Å². The van der Waals surface area contributed by atoms with Crippen molar-refractivity contribution in [1.82, 2.24) is 0 Å². The summed E-state index contributed by atoms with van der Waals surface area (Å²) in [5.41, 5.74) is 8.12. The van der Waals surface area contributed by atoms with E-state index in [1.807, 2.05) is 0 Å². The van der Waals surface area contributed by atoms with E-state index in [-0.39, 0.29) is 24.3 Å². The molecule has 1 aromatic carbocycles. The highest BCUT2D eigenvalue weighted by Crippen LogP contribution is 2.11. The molecule has 0 aromatic heterocycles. The number of benzene rings is 1. The number of hydrogen-bond donors (Lipinski definition) is 0. The normalized spacial score (nSPS) is 9.62. The number of azide groups is 1. The highest BCUT2D eigenvalue weighted by molar-refractivity contribution is 5.96. The first-order valence-corrected chi connectivity index (χ1v) is 4.64. The maximum atomic E-state index is 12.8. The number of hydrogen-bond acceptors (Lipinski definition) is 2. The van der Waals surface area contributed by atoms with Crippen molar-refractivity contribution in [2.45, 2.75) is 12.8 Å². The van der Waals surface area contributed by atoms with Gasteiger partial charge in [0.15, 0.2) is 17.4 Å². The van der Waals surface area contributed by atoms with Crippen molar-refractivity contribution in [2.24, 2.45) is 5.11 Å². The quantitative estimate of drug-likeness (QED) is 0.249. The summed E-state index contributed by atoms with van der Waals surface area (Å²) < 4.78 is 25.4. The lowest BCUT2D eigenvalue weighted by molar-refractivity contribution is 0.0980. The Kier molecular flexibility index (Phi) is 4.42. The number of ketones is 1. The van der Waals surface area contributed by atoms with E-state index in [4.69, 9.17) is 5.53 Å². The second-order valence-corrected chi connectivity index (χ2v) is 3.11. The summed E-state index contributed by atoms with van der Waals surface area (Å²) in [6.07, 6.45) is 0.534. The van der Waals surface area contributed by atoms with E-state index in [1.165, 1.54) is 6.07 Å². The molecular weight excluding hydrogens is 216 g/mol. The molecule has 0 N–H and O–H groups in total. The zero-order chi connectivity index (χ0) is 12.0. The molecule has 0 saturated carbocycles. The minimum atomic E-state index is -1.04. The second-order valence-electron chi connectivity index (χ2n) is 3.11. The molecule has 0 bridgehead atoms. The second kappa shape index (κ2) is 5.82. The van der Waals surface area contributed by atoms with E-state index in [0.717, 1.165) is 12.1 Å². The molecule has 1 aromatic rings. The number of carbonyl (C=O) groups is 1. The lowest BCUT2D eigenvalue weighted by atomic mass is 10.1. The lowest BCUT2D eigenvalue weighted by Gasteiger charge is -2.00. The van der Waals surface area contributed by atoms with Crippen LogP contribution in [0.5, 0.6) is 0 Å². The van der Waals surface area contributed by atoms with Gasteiger partial charge in [0.25, 0.3) is 0 Å². The predicted molar refractivity (Wildman–Crippen MR) is 53.9 cm³/mol. The molecule has 0 aliphatic rings. The Hall–Kier alpha value is -1.94. The summed E-state index contributed by atoms with van der Waals surface area (Å²) in [6.45, 7) is 0.214. The highest BCUT2D eigenvalue weighted by Gasteiger charge is 2.08. The Bertz CT molecular complexity index is 442. The van der Waals surface area contributed by atoms with Crippen LogP contribution in [0.15, 0.2) is 23.3 Å². The summed E-state index contributed by atoms with van der Waals surface area (Å²) in [5, 5.41) is 3.26. The first-order valence-electron chi connectivity index (χ1n) is 4.64. The van der Waals surface area contributed by atoms with Gasteiger partial charge in [0.2, 0.25) is 0 Å². The topological polar surface area (TPSA) is 65.8 Å². The van der Waals surface area contributed by atoms with E-state index in [2.05, 4.69) is 10.0 Å². The Morgan fingerprint density at radius 3 is 2.75 bits per heavy atom. The highest BCUT2D eigenvalue weighted by atomic mass is 19.2. The monoisotopic (exact) mass is 225 g/mol. The van der Waals surface area contributed by atoms with Gasteiger partial charge in [-0.25, -0.2) is 8.78 Å². The van der Waals surface area contributed by atoms with Crippen LogP contribution in [0.2, 0.25) is 0 Å². The van der Waals surface area contributed by atoms with E-state index in [0.29, 0.717) is 6.42 Å². The first-order chi connectivity index (χ1) is 7.65. The summed E-state index contributed by atoms with van der Waals surface area (Å²) in [6, 6.07) is 3.01. The lowest BCUT2D eigenvalue weighted by Crippen LogP contribution is -2.01. The minimum Gasteiger partial charge on any atom is -0.294 e. The van der Waals surface area contributed by atoms with E-state index in [1.54, 1.807) is 0 Å². The molecule has 0 amide bonds. The molecule has 0 heterocycles. The number of nitrogens with zero attached hydrogens (tertiary/aromatic N) is 3. The van der Waals surface area contributed by atoms with Crippen LogP contribution in [0.1, 0.15) is 23.2 Å². The van der Waals surface area contributed by atoms with Crippen molar-refractivity contribution in [2.75, 3.05) is 6.54 Å². The maximum Gasteiger partial charge on any atom is 0.162 e. The van der Waals surface area contributed by atoms with Crippen LogP contribution < -0.4 is 0 Å². The van der Waals surface area contributed by atoms with Crippen molar-refractivity contribution in [3.63, 3.8) is 0 Å². The molecule has 0 fully saturated rings. The summed E-state index contributed by atoms with van der Waals surface area (Å²) in [5.74, 6) is -2.32. The maximum absolute atomic E-state index is 12.8. The van der Waals surface area contributed by atoms with Crippen molar-refractivity contribution in [3.8, 4) is 0 Å². The van der Waals surface area contributed by atoms with E-state index in [9.17, 15) is 13.6 Å². The van der Waals surface area contributed by atoms with Crippen LogP contribution in [-0.2, 0) is 0 Å². The number of halogens is 2. The van der Waals surface area contributed by atoms with E-state index >= 15 is 0 Å². The van der Waals surface area contributed by atoms with Gasteiger partial charge in [0.05, 0.1) is 0 Å². The van der Waals surface area contributed by atoms with Crippen LogP contribution in [-0.4, -0.2) is 12.3 Å². The van der Waals surface area contributed by atoms with Gasteiger partial charge < -0.3 is 0 Å². The fraction of sp³-hybridized carbons (Fsp3) is 0.300. The van der Waals surface area contributed by atoms with Gasteiger partial charge in [-0.05, 0) is 30.2 Å². The van der Waals surface area contributed by atoms with Gasteiger partial charge >= 0.3 is 0 Å². The number of carbonyl (C=O) groups excluding carboxylic acids is 1. The molecule has 84 valence electrons. The average molecular weight is 225 g/mol. The third kappa shape index (κ3) is 3.33. The van der Waals surface area contributed by atoms with Crippen molar-refractivity contribution in [1.29, 1.82) is 0 Å². The zero-order valence-electron chi connectivity index (χ0n) is 8.36. The Morgan fingerprint density at radius 1 is 1.38 bits per heavy atom. The fourth-order valence-electron chi connectivity index (χ4n) is 1.17. The number of Topliss-reactive ketones (excluding diaryl/α,β-unsaturated/α-hetero) is 1. The van der Waals surface area contributed by atoms with Crippen LogP contribution in [0.4, 0.5) is 8.78 Å². The van der Waals surface area contributed by atoms with Crippen LogP contribution in [0, 0.1) is 11.6 Å². The third-order valence-electron chi connectivity index (χ3n) is 1.97. The largest absolute Gasteiger partial charge is 0.294 e. The Balaban J connectivity index is 2.59. The number of rotatable bonds is 5. The summed E-state index contributed by atoms with van der Waals surface area (Å²) in [4.78, 5) is 14.0. The van der Waals surface area contributed by atoms with Crippen LogP contribution in [0.25, 0.3) is 10.4 Å². The summed E-state index contributed by atoms with van der Waals surface area (Å²) >= 11 is 0. The smallest absolute Gasteiger partial charge is 0.162 e. The Morgan fingerprint density at radius 2 is 2.12 bits per heavy atom. The fourth-order valence-corrected chi connectivity index (χ4v) is 1.17.